The van der Waals surface area contributed by atoms with Crippen LogP contribution in [0, 0.1) is 23.0 Å². The van der Waals surface area contributed by atoms with Crippen LogP contribution < -0.4 is 5.32 Å². The van der Waals surface area contributed by atoms with Gasteiger partial charge in [-0.15, -0.1) is 0 Å². The highest BCUT2D eigenvalue weighted by Crippen LogP contribution is 2.32. The molecule has 1 N–H and O–H groups in total. The number of nitrogens with one attached hydrogen (secondary N) is 1. The van der Waals surface area contributed by atoms with Gasteiger partial charge in [0, 0.05) is 18.3 Å². The predicted octanol–water partition coefficient (Wildman–Crippen LogP) is 4.16. The molecule has 1 aromatic rings. The van der Waals surface area contributed by atoms with E-state index in [2.05, 4.69) is 5.32 Å². The normalized spacial score (nSPS) is 15.2. The highest BCUT2D eigenvalue weighted by atomic mass is 35.5. The van der Waals surface area contributed by atoms with Gasteiger partial charge in [0.2, 0.25) is 0 Å². The summed E-state index contributed by atoms with van der Waals surface area (Å²) < 4.78 is 0. The first-order valence-electron chi connectivity index (χ1n) is 6.26. The first-order chi connectivity index (χ1) is 8.58. The van der Waals surface area contributed by atoms with E-state index in [0.717, 1.165) is 30.1 Å². The molecule has 4 nitrogen and oxygen atoms in total. The zero-order chi connectivity index (χ0) is 13.1. The van der Waals surface area contributed by atoms with E-state index in [1.54, 1.807) is 6.07 Å². The Morgan fingerprint density at radius 1 is 1.50 bits per heavy atom. The summed E-state index contributed by atoms with van der Waals surface area (Å²) in [6.45, 7) is 2.76. The number of benzene rings is 1. The molecule has 1 aliphatic rings. The van der Waals surface area contributed by atoms with Crippen LogP contribution in [0.1, 0.15) is 31.2 Å². The fourth-order valence-corrected chi connectivity index (χ4v) is 2.42. The first-order valence-corrected chi connectivity index (χ1v) is 6.64. The van der Waals surface area contributed by atoms with Gasteiger partial charge in [-0.05, 0) is 30.9 Å². The molecule has 1 aliphatic carbocycles. The molecule has 2 rings (SSSR count). The first kappa shape index (κ1) is 13.1. The highest BCUT2D eigenvalue weighted by Gasteiger charge is 2.17. The summed E-state index contributed by atoms with van der Waals surface area (Å²) in [4.78, 5) is 10.3. The van der Waals surface area contributed by atoms with Crippen molar-refractivity contribution >= 4 is 23.0 Å². The van der Waals surface area contributed by atoms with Crippen LogP contribution in [-0.4, -0.2) is 11.5 Å². The molecule has 0 radical (unpaired) electrons. The van der Waals surface area contributed by atoms with E-state index in [1.165, 1.54) is 25.3 Å². The third-order valence-electron chi connectivity index (χ3n) is 3.58. The summed E-state index contributed by atoms with van der Waals surface area (Å²) in [6.07, 6.45) is 5.18. The summed E-state index contributed by atoms with van der Waals surface area (Å²) in [6, 6.07) is 3.17. The second-order valence-corrected chi connectivity index (χ2v) is 5.30. The monoisotopic (exact) mass is 268 g/mol. The minimum atomic E-state index is -0.451. The third-order valence-corrected chi connectivity index (χ3v) is 3.89. The lowest BCUT2D eigenvalue weighted by Gasteiger charge is -2.25. The number of nitro benzene ring substituents is 1. The SMILES string of the molecule is Cc1cc([N+](=O)[O-])c(Cl)cc1NCCC1CCC1. The molecular formula is C13H17ClN2O2. The number of anilines is 1. The summed E-state index contributed by atoms with van der Waals surface area (Å²) in [5.74, 6) is 0.853. The van der Waals surface area contributed by atoms with Gasteiger partial charge < -0.3 is 5.32 Å². The van der Waals surface area contributed by atoms with Gasteiger partial charge in [-0.2, -0.15) is 0 Å². The van der Waals surface area contributed by atoms with Crippen molar-refractivity contribution in [1.82, 2.24) is 0 Å². The van der Waals surface area contributed by atoms with Crippen molar-refractivity contribution < 1.29 is 4.92 Å². The molecule has 0 spiro atoms. The van der Waals surface area contributed by atoms with Gasteiger partial charge in [-0.25, -0.2) is 0 Å². The van der Waals surface area contributed by atoms with Gasteiger partial charge in [0.1, 0.15) is 5.02 Å². The summed E-state index contributed by atoms with van der Waals surface area (Å²) in [5, 5.41) is 14.2. The van der Waals surface area contributed by atoms with Crippen molar-refractivity contribution in [3.63, 3.8) is 0 Å². The summed E-state index contributed by atoms with van der Waals surface area (Å²) in [5.41, 5.74) is 1.73. The Morgan fingerprint density at radius 3 is 2.78 bits per heavy atom. The molecule has 0 amide bonds. The van der Waals surface area contributed by atoms with Crippen LogP contribution >= 0.6 is 11.6 Å². The van der Waals surface area contributed by atoms with Crippen LogP contribution in [0.2, 0.25) is 5.02 Å². The van der Waals surface area contributed by atoms with Crippen molar-refractivity contribution in [1.29, 1.82) is 0 Å². The molecule has 0 bridgehead atoms. The molecule has 5 heteroatoms. The Hall–Kier alpha value is -1.29. The van der Waals surface area contributed by atoms with Gasteiger partial charge in [0.05, 0.1) is 4.92 Å². The fourth-order valence-electron chi connectivity index (χ4n) is 2.19. The van der Waals surface area contributed by atoms with Crippen LogP contribution in [0.25, 0.3) is 0 Å². The number of rotatable bonds is 5. The summed E-state index contributed by atoms with van der Waals surface area (Å²) >= 11 is 5.89. The maximum atomic E-state index is 10.7. The molecule has 0 unspecified atom stereocenters. The average molecular weight is 269 g/mol. The Bertz CT molecular complexity index is 459. The van der Waals surface area contributed by atoms with Gasteiger partial charge in [-0.3, -0.25) is 10.1 Å². The number of hydrogen-bond acceptors (Lipinski definition) is 3. The van der Waals surface area contributed by atoms with E-state index in [0.29, 0.717) is 0 Å². The second kappa shape index (κ2) is 5.57. The molecule has 0 aromatic heterocycles. The maximum absolute atomic E-state index is 10.7. The topological polar surface area (TPSA) is 55.2 Å². The van der Waals surface area contributed by atoms with Crippen molar-refractivity contribution in [2.45, 2.75) is 32.6 Å². The molecule has 0 aliphatic heterocycles. The van der Waals surface area contributed by atoms with E-state index < -0.39 is 4.92 Å². The largest absolute Gasteiger partial charge is 0.385 e. The van der Waals surface area contributed by atoms with Crippen molar-refractivity contribution in [2.75, 3.05) is 11.9 Å². The molecule has 1 fully saturated rings. The smallest absolute Gasteiger partial charge is 0.288 e. The van der Waals surface area contributed by atoms with Gasteiger partial charge in [-0.1, -0.05) is 30.9 Å². The van der Waals surface area contributed by atoms with Crippen molar-refractivity contribution in [2.24, 2.45) is 5.92 Å². The van der Waals surface area contributed by atoms with Gasteiger partial charge >= 0.3 is 0 Å². The molecule has 0 saturated heterocycles. The number of nitro groups is 1. The molecule has 98 valence electrons. The molecular weight excluding hydrogens is 252 g/mol. The zero-order valence-electron chi connectivity index (χ0n) is 10.4. The fraction of sp³-hybridized carbons (Fsp3) is 0.538. The van der Waals surface area contributed by atoms with E-state index in [1.807, 2.05) is 6.92 Å². The maximum Gasteiger partial charge on any atom is 0.288 e. The molecule has 0 heterocycles. The quantitative estimate of drug-likeness (QED) is 0.644. The van der Waals surface area contributed by atoms with Crippen LogP contribution in [0.5, 0.6) is 0 Å². The lowest BCUT2D eigenvalue weighted by atomic mass is 9.83. The number of halogens is 1. The molecule has 0 atom stereocenters. The minimum Gasteiger partial charge on any atom is -0.385 e. The average Bonchev–Trinajstić information content (AvgIpc) is 2.25. The van der Waals surface area contributed by atoms with Crippen molar-refractivity contribution in [3.8, 4) is 0 Å². The van der Waals surface area contributed by atoms with Gasteiger partial charge in [0.25, 0.3) is 5.69 Å². The second-order valence-electron chi connectivity index (χ2n) is 4.89. The van der Waals surface area contributed by atoms with Crippen LogP contribution in [0.4, 0.5) is 11.4 Å². The van der Waals surface area contributed by atoms with E-state index in [-0.39, 0.29) is 10.7 Å². The minimum absolute atomic E-state index is 0.0290. The Labute approximate surface area is 111 Å². The van der Waals surface area contributed by atoms with E-state index >= 15 is 0 Å². The third kappa shape index (κ3) is 2.93. The highest BCUT2D eigenvalue weighted by molar-refractivity contribution is 6.33. The number of hydrogen-bond donors (Lipinski definition) is 1. The van der Waals surface area contributed by atoms with Crippen LogP contribution in [0.3, 0.4) is 0 Å². The lowest BCUT2D eigenvalue weighted by Crippen LogP contribution is -2.15. The number of aryl methyl sites for hydroxylation is 1. The number of nitrogens with zero attached hydrogens (tertiary/aromatic N) is 1. The van der Waals surface area contributed by atoms with E-state index in [4.69, 9.17) is 11.6 Å². The van der Waals surface area contributed by atoms with E-state index in [9.17, 15) is 10.1 Å². The molecule has 1 aromatic carbocycles. The Kier molecular flexibility index (Phi) is 4.07. The standard InChI is InChI=1S/C13H17ClN2O2/c1-9-7-13(16(17)18)11(14)8-12(9)15-6-5-10-3-2-4-10/h7-8,10,15H,2-6H2,1H3. The predicted molar refractivity (Wildman–Crippen MR) is 73.3 cm³/mol. The zero-order valence-corrected chi connectivity index (χ0v) is 11.2. The van der Waals surface area contributed by atoms with Crippen LogP contribution in [-0.2, 0) is 0 Å². The molecule has 1 saturated carbocycles. The Balaban J connectivity index is 1.99. The Morgan fingerprint density at radius 2 is 2.22 bits per heavy atom. The van der Waals surface area contributed by atoms with Gasteiger partial charge in [0.15, 0.2) is 0 Å². The lowest BCUT2D eigenvalue weighted by molar-refractivity contribution is -0.384. The van der Waals surface area contributed by atoms with Crippen molar-refractivity contribution in [3.05, 3.63) is 32.8 Å². The summed E-state index contributed by atoms with van der Waals surface area (Å²) in [7, 11) is 0. The molecule has 18 heavy (non-hydrogen) atoms. The van der Waals surface area contributed by atoms with Crippen LogP contribution in [0.15, 0.2) is 12.1 Å².